The Kier molecular flexibility index (Phi) is 4.13. The number of nitrogens with zero attached hydrogens (tertiary/aromatic N) is 2. The summed E-state index contributed by atoms with van der Waals surface area (Å²) in [5.74, 6) is -0.163. The summed E-state index contributed by atoms with van der Waals surface area (Å²) in [5, 5.41) is 4.48. The normalized spacial score (nSPS) is 12.2. The zero-order chi connectivity index (χ0) is 14.7. The van der Waals surface area contributed by atoms with Crippen LogP contribution < -0.4 is 0 Å². The predicted octanol–water partition coefficient (Wildman–Crippen LogP) is 3.81. The minimum Gasteiger partial charge on any atom is -0.298 e. The van der Waals surface area contributed by atoms with Gasteiger partial charge in [0, 0.05) is 12.1 Å². The highest BCUT2D eigenvalue weighted by molar-refractivity contribution is 5.76. The van der Waals surface area contributed by atoms with Crippen molar-refractivity contribution in [3.8, 4) is 5.69 Å². The third-order valence-electron chi connectivity index (χ3n) is 3.29. The Bertz CT molecular complexity index is 646. The van der Waals surface area contributed by atoms with Crippen LogP contribution in [0.3, 0.4) is 0 Å². The van der Waals surface area contributed by atoms with Gasteiger partial charge in [0.2, 0.25) is 0 Å². The van der Waals surface area contributed by atoms with E-state index in [2.05, 4.69) is 11.7 Å². The van der Waals surface area contributed by atoms with Crippen LogP contribution in [0.25, 0.3) is 5.69 Å². The third kappa shape index (κ3) is 2.69. The molecule has 0 saturated heterocycles. The number of aromatic nitrogens is 2. The summed E-state index contributed by atoms with van der Waals surface area (Å²) < 4.78 is 14.8. The second-order valence-electron chi connectivity index (χ2n) is 4.89. The molecule has 0 radical (unpaired) electrons. The molecule has 1 atom stereocenters. The van der Waals surface area contributed by atoms with Crippen molar-refractivity contribution in [2.45, 2.75) is 26.2 Å². The fraction of sp³-hybridized carbons (Fsp3) is 0.250. The van der Waals surface area contributed by atoms with Crippen LogP contribution in [-0.4, -0.2) is 16.1 Å². The number of allylic oxidation sites excluding steroid dienone is 1. The van der Waals surface area contributed by atoms with Gasteiger partial charge in [0.15, 0.2) is 6.29 Å². The molecule has 0 saturated carbocycles. The Labute approximate surface area is 117 Å². The molecule has 0 aliphatic rings. The molecule has 1 unspecified atom stereocenters. The molecule has 0 bridgehead atoms. The smallest absolute Gasteiger partial charge is 0.153 e. The number of aryl methyl sites for hydroxylation is 1. The van der Waals surface area contributed by atoms with E-state index in [9.17, 15) is 9.18 Å². The van der Waals surface area contributed by atoms with Crippen LogP contribution in [0.4, 0.5) is 4.39 Å². The first-order valence-electron chi connectivity index (χ1n) is 6.49. The fourth-order valence-electron chi connectivity index (χ4n) is 2.24. The Balaban J connectivity index is 2.48. The molecule has 0 spiro atoms. The Morgan fingerprint density at radius 3 is 2.85 bits per heavy atom. The zero-order valence-electron chi connectivity index (χ0n) is 11.6. The van der Waals surface area contributed by atoms with Crippen LogP contribution in [0.2, 0.25) is 0 Å². The fourth-order valence-corrected chi connectivity index (χ4v) is 2.24. The molecule has 3 nitrogen and oxygen atoms in total. The number of benzene rings is 1. The maximum Gasteiger partial charge on any atom is 0.153 e. The average molecular weight is 272 g/mol. The molecule has 2 aromatic rings. The molecule has 0 amide bonds. The lowest BCUT2D eigenvalue weighted by Gasteiger charge is -2.07. The number of hydrogen-bond acceptors (Lipinski definition) is 2. The van der Waals surface area contributed by atoms with Gasteiger partial charge >= 0.3 is 0 Å². The van der Waals surface area contributed by atoms with Gasteiger partial charge < -0.3 is 0 Å². The van der Waals surface area contributed by atoms with E-state index < -0.39 is 0 Å². The second-order valence-corrected chi connectivity index (χ2v) is 4.89. The van der Waals surface area contributed by atoms with Crippen LogP contribution in [0, 0.1) is 12.7 Å². The van der Waals surface area contributed by atoms with Crippen molar-refractivity contribution in [3.63, 3.8) is 0 Å². The van der Waals surface area contributed by atoms with Crippen LogP contribution in [-0.2, 0) is 0 Å². The van der Waals surface area contributed by atoms with Crippen molar-refractivity contribution in [2.75, 3.05) is 0 Å². The number of carbonyl (C=O) groups excluding carboxylic acids is 1. The first-order valence-corrected chi connectivity index (χ1v) is 6.49. The monoisotopic (exact) mass is 272 g/mol. The van der Waals surface area contributed by atoms with Crippen molar-refractivity contribution in [1.82, 2.24) is 9.78 Å². The first-order chi connectivity index (χ1) is 9.56. The lowest BCUT2D eigenvalue weighted by atomic mass is 10.0. The molecule has 1 aromatic carbocycles. The molecule has 0 aliphatic heterocycles. The minimum atomic E-state index is -0.283. The first kappa shape index (κ1) is 14.2. The summed E-state index contributed by atoms with van der Waals surface area (Å²) in [6, 6.07) is 4.50. The number of rotatable bonds is 5. The summed E-state index contributed by atoms with van der Waals surface area (Å²) in [4.78, 5) is 11.2. The maximum absolute atomic E-state index is 13.1. The van der Waals surface area contributed by atoms with Crippen molar-refractivity contribution >= 4 is 6.29 Å². The van der Waals surface area contributed by atoms with E-state index in [4.69, 9.17) is 0 Å². The van der Waals surface area contributed by atoms with Crippen LogP contribution in [0.15, 0.2) is 37.1 Å². The summed E-state index contributed by atoms with van der Waals surface area (Å²) in [5.41, 5.74) is 2.84. The Hall–Kier alpha value is -2.23. The van der Waals surface area contributed by atoms with E-state index in [0.29, 0.717) is 5.56 Å². The molecule has 0 N–H and O–H groups in total. The van der Waals surface area contributed by atoms with Crippen LogP contribution in [0.5, 0.6) is 0 Å². The van der Waals surface area contributed by atoms with Gasteiger partial charge in [-0.3, -0.25) is 4.79 Å². The Morgan fingerprint density at radius 2 is 2.25 bits per heavy atom. The van der Waals surface area contributed by atoms with Gasteiger partial charge in [0.05, 0.1) is 16.9 Å². The predicted molar refractivity (Wildman–Crippen MR) is 76.9 cm³/mol. The van der Waals surface area contributed by atoms with Crippen molar-refractivity contribution < 1.29 is 9.18 Å². The highest BCUT2D eigenvalue weighted by Gasteiger charge is 2.16. The standard InChI is InChI=1S/C16H17FN2O/c1-4-5-11(2)16-13(10-20)9-19(18-16)15-7-6-14(17)8-12(15)3/h4,6-11H,1,5H2,2-3H3. The van der Waals surface area contributed by atoms with Crippen molar-refractivity contribution in [3.05, 3.63) is 59.7 Å². The quantitative estimate of drug-likeness (QED) is 0.612. The molecule has 4 heteroatoms. The topological polar surface area (TPSA) is 34.9 Å². The van der Waals surface area contributed by atoms with Crippen LogP contribution in [0.1, 0.15) is 40.9 Å². The Morgan fingerprint density at radius 1 is 1.50 bits per heavy atom. The van der Waals surface area contributed by atoms with E-state index in [1.807, 2.05) is 13.8 Å². The molecule has 2 rings (SSSR count). The average Bonchev–Trinajstić information content (AvgIpc) is 2.83. The maximum atomic E-state index is 13.1. The molecule has 1 heterocycles. The number of aldehydes is 1. The molecular formula is C16H17FN2O. The molecule has 20 heavy (non-hydrogen) atoms. The van der Waals surface area contributed by atoms with E-state index in [1.54, 1.807) is 23.0 Å². The SMILES string of the molecule is C=CCC(C)c1nn(-c2ccc(F)cc2C)cc1C=O. The molecular weight excluding hydrogens is 255 g/mol. The summed E-state index contributed by atoms with van der Waals surface area (Å²) in [6.45, 7) is 7.52. The van der Waals surface area contributed by atoms with E-state index in [-0.39, 0.29) is 11.7 Å². The zero-order valence-corrected chi connectivity index (χ0v) is 11.6. The third-order valence-corrected chi connectivity index (χ3v) is 3.29. The summed E-state index contributed by atoms with van der Waals surface area (Å²) >= 11 is 0. The summed E-state index contributed by atoms with van der Waals surface area (Å²) in [6.07, 6.45) is 5.04. The molecule has 0 aliphatic carbocycles. The van der Waals surface area contributed by atoms with Gasteiger partial charge in [-0.15, -0.1) is 6.58 Å². The van der Waals surface area contributed by atoms with Gasteiger partial charge in [-0.1, -0.05) is 13.0 Å². The molecule has 104 valence electrons. The number of hydrogen-bond donors (Lipinski definition) is 0. The highest BCUT2D eigenvalue weighted by Crippen LogP contribution is 2.23. The van der Waals surface area contributed by atoms with Gasteiger partial charge in [-0.05, 0) is 37.1 Å². The van der Waals surface area contributed by atoms with E-state index in [0.717, 1.165) is 29.7 Å². The van der Waals surface area contributed by atoms with Crippen molar-refractivity contribution in [1.29, 1.82) is 0 Å². The van der Waals surface area contributed by atoms with Crippen molar-refractivity contribution in [2.24, 2.45) is 0 Å². The van der Waals surface area contributed by atoms with Gasteiger partial charge in [-0.25, -0.2) is 9.07 Å². The van der Waals surface area contributed by atoms with Gasteiger partial charge in [0.25, 0.3) is 0 Å². The summed E-state index contributed by atoms with van der Waals surface area (Å²) in [7, 11) is 0. The number of halogens is 1. The highest BCUT2D eigenvalue weighted by atomic mass is 19.1. The lowest BCUT2D eigenvalue weighted by molar-refractivity contribution is 0.112. The largest absolute Gasteiger partial charge is 0.298 e. The minimum absolute atomic E-state index is 0.120. The van der Waals surface area contributed by atoms with Gasteiger partial charge in [-0.2, -0.15) is 5.10 Å². The van der Waals surface area contributed by atoms with Gasteiger partial charge in [0.1, 0.15) is 5.82 Å². The second kappa shape index (κ2) is 5.82. The van der Waals surface area contributed by atoms with Crippen LogP contribution >= 0.6 is 0 Å². The van der Waals surface area contributed by atoms with E-state index in [1.165, 1.54) is 12.1 Å². The molecule has 0 fully saturated rings. The van der Waals surface area contributed by atoms with E-state index >= 15 is 0 Å². The number of carbonyl (C=O) groups is 1. The molecule has 1 aromatic heterocycles. The lowest BCUT2D eigenvalue weighted by Crippen LogP contribution is -2.01.